The number of amides is 3. The number of fused-ring (bicyclic) bond motifs is 1. The molecule has 0 unspecified atom stereocenters. The van der Waals surface area contributed by atoms with Gasteiger partial charge in [-0.25, -0.2) is 0 Å². The molecule has 3 heterocycles. The van der Waals surface area contributed by atoms with Gasteiger partial charge in [-0.2, -0.15) is 5.10 Å². The highest BCUT2D eigenvalue weighted by molar-refractivity contribution is 6.39. The van der Waals surface area contributed by atoms with Gasteiger partial charge in [0, 0.05) is 18.1 Å². The SMILES string of the molecule is Cc1cc([C@H]2CC[C@H](C)CN2C(=O)C(=O)Nc2cncc(C(N)=O)c2)cc2cn[nH]c12. The highest BCUT2D eigenvalue weighted by atomic mass is 16.2. The van der Waals surface area contributed by atoms with Crippen molar-refractivity contribution < 1.29 is 14.4 Å². The summed E-state index contributed by atoms with van der Waals surface area (Å²) in [6.07, 6.45) is 6.15. The summed E-state index contributed by atoms with van der Waals surface area (Å²) in [6.45, 7) is 4.55. The average Bonchev–Trinajstić information content (AvgIpc) is 3.22. The van der Waals surface area contributed by atoms with Gasteiger partial charge >= 0.3 is 11.8 Å². The minimum atomic E-state index is -0.774. The van der Waals surface area contributed by atoms with Gasteiger partial charge in [0.2, 0.25) is 5.91 Å². The molecule has 0 radical (unpaired) electrons. The monoisotopic (exact) mass is 420 g/mol. The normalized spacial score (nSPS) is 18.7. The van der Waals surface area contributed by atoms with Crippen LogP contribution in [0.4, 0.5) is 5.69 Å². The van der Waals surface area contributed by atoms with E-state index in [-0.39, 0.29) is 23.2 Å². The number of aromatic nitrogens is 3. The van der Waals surface area contributed by atoms with Gasteiger partial charge in [-0.15, -0.1) is 0 Å². The number of hydrogen-bond acceptors (Lipinski definition) is 5. The molecule has 3 aromatic rings. The molecule has 1 fully saturated rings. The van der Waals surface area contributed by atoms with E-state index < -0.39 is 17.7 Å². The summed E-state index contributed by atoms with van der Waals surface area (Å²) in [5.41, 5.74) is 8.64. The van der Waals surface area contributed by atoms with Crippen molar-refractivity contribution in [1.82, 2.24) is 20.1 Å². The maximum Gasteiger partial charge on any atom is 0.313 e. The number of carbonyl (C=O) groups excluding carboxylic acids is 3. The summed E-state index contributed by atoms with van der Waals surface area (Å²) in [6, 6.07) is 5.25. The summed E-state index contributed by atoms with van der Waals surface area (Å²) in [5.74, 6) is -1.77. The number of rotatable bonds is 3. The largest absolute Gasteiger partial charge is 0.366 e. The number of H-pyrrole nitrogens is 1. The van der Waals surface area contributed by atoms with E-state index in [2.05, 4.69) is 27.4 Å². The summed E-state index contributed by atoms with van der Waals surface area (Å²) in [7, 11) is 0. The zero-order chi connectivity index (χ0) is 22.1. The van der Waals surface area contributed by atoms with Gasteiger partial charge in [-0.1, -0.05) is 13.0 Å². The number of hydrogen-bond donors (Lipinski definition) is 3. The molecule has 4 N–H and O–H groups in total. The lowest BCUT2D eigenvalue weighted by Gasteiger charge is -2.38. The third-order valence-electron chi connectivity index (χ3n) is 5.71. The molecule has 1 saturated heterocycles. The molecule has 9 heteroatoms. The Morgan fingerprint density at radius 1 is 1.16 bits per heavy atom. The first-order chi connectivity index (χ1) is 14.8. The van der Waals surface area contributed by atoms with Gasteiger partial charge in [-0.05, 0) is 48.9 Å². The molecule has 3 amide bonds. The Hall–Kier alpha value is -3.75. The Morgan fingerprint density at radius 3 is 2.74 bits per heavy atom. The van der Waals surface area contributed by atoms with E-state index in [1.807, 2.05) is 19.1 Å². The molecule has 0 saturated carbocycles. The lowest BCUT2D eigenvalue weighted by molar-refractivity contribution is -0.146. The van der Waals surface area contributed by atoms with Crippen molar-refractivity contribution in [2.75, 3.05) is 11.9 Å². The summed E-state index contributed by atoms with van der Waals surface area (Å²) >= 11 is 0. The number of nitrogens with one attached hydrogen (secondary N) is 2. The van der Waals surface area contributed by atoms with Crippen LogP contribution in [0.2, 0.25) is 0 Å². The lowest BCUT2D eigenvalue weighted by atomic mass is 9.88. The number of primary amides is 1. The molecule has 2 atom stereocenters. The summed E-state index contributed by atoms with van der Waals surface area (Å²) in [4.78, 5) is 42.8. The van der Waals surface area contributed by atoms with Crippen LogP contribution in [0.15, 0.2) is 36.8 Å². The smallest absolute Gasteiger partial charge is 0.313 e. The van der Waals surface area contributed by atoms with Crippen molar-refractivity contribution in [2.45, 2.75) is 32.7 Å². The van der Waals surface area contributed by atoms with Crippen LogP contribution in [0, 0.1) is 12.8 Å². The van der Waals surface area contributed by atoms with Crippen molar-refractivity contribution in [3.8, 4) is 0 Å². The van der Waals surface area contributed by atoms with Crippen molar-refractivity contribution >= 4 is 34.3 Å². The second kappa shape index (κ2) is 8.17. The molecule has 9 nitrogen and oxygen atoms in total. The maximum absolute atomic E-state index is 13.1. The number of benzene rings is 1. The lowest BCUT2D eigenvalue weighted by Crippen LogP contribution is -2.46. The van der Waals surface area contributed by atoms with E-state index in [1.54, 1.807) is 11.1 Å². The molecule has 0 bridgehead atoms. The highest BCUT2D eigenvalue weighted by Gasteiger charge is 2.34. The number of nitrogens with two attached hydrogens (primary N) is 1. The Bertz CT molecular complexity index is 1170. The molecule has 1 aromatic carbocycles. The van der Waals surface area contributed by atoms with Gasteiger partial charge in [0.25, 0.3) is 0 Å². The molecule has 4 rings (SSSR count). The molecule has 1 aliphatic rings. The van der Waals surface area contributed by atoms with E-state index in [4.69, 9.17) is 5.73 Å². The van der Waals surface area contributed by atoms with E-state index in [0.717, 1.165) is 34.9 Å². The molecular weight excluding hydrogens is 396 g/mol. The third kappa shape index (κ3) is 4.11. The van der Waals surface area contributed by atoms with Gasteiger partial charge in [0.1, 0.15) is 0 Å². The molecule has 2 aromatic heterocycles. The van der Waals surface area contributed by atoms with E-state index >= 15 is 0 Å². The van der Waals surface area contributed by atoms with Gasteiger partial charge in [0.15, 0.2) is 0 Å². The van der Waals surface area contributed by atoms with Crippen molar-refractivity contribution in [3.63, 3.8) is 0 Å². The predicted molar refractivity (Wildman–Crippen MR) is 115 cm³/mol. The van der Waals surface area contributed by atoms with Crippen LogP contribution >= 0.6 is 0 Å². The number of likely N-dealkylation sites (tertiary alicyclic amines) is 1. The standard InChI is InChI=1S/C22H24N6O3/c1-12-3-4-18(14-5-13(2)19-15(6-14)9-25-27-19)28(11-12)22(31)21(30)26-17-7-16(20(23)29)8-24-10-17/h5-10,12,18H,3-4,11H2,1-2H3,(H2,23,29)(H,25,27)(H,26,30)/t12-,18+/m0/s1. The Morgan fingerprint density at radius 2 is 1.97 bits per heavy atom. The minimum absolute atomic E-state index is 0.151. The highest BCUT2D eigenvalue weighted by Crippen LogP contribution is 2.35. The van der Waals surface area contributed by atoms with Crippen LogP contribution in [-0.4, -0.2) is 44.3 Å². The molecule has 0 spiro atoms. The fourth-order valence-corrected chi connectivity index (χ4v) is 4.14. The number of pyridine rings is 1. The van der Waals surface area contributed by atoms with Crippen LogP contribution < -0.4 is 11.1 Å². The van der Waals surface area contributed by atoms with E-state index in [9.17, 15) is 14.4 Å². The molecule has 0 aliphatic carbocycles. The number of carbonyl (C=O) groups is 3. The van der Waals surface area contributed by atoms with Gasteiger partial charge in [-0.3, -0.25) is 24.5 Å². The number of aromatic amines is 1. The molecule has 160 valence electrons. The molecule has 31 heavy (non-hydrogen) atoms. The van der Waals surface area contributed by atoms with Crippen LogP contribution in [0.25, 0.3) is 10.9 Å². The quantitative estimate of drug-likeness (QED) is 0.559. The maximum atomic E-state index is 13.1. The first-order valence-corrected chi connectivity index (χ1v) is 10.1. The zero-order valence-electron chi connectivity index (χ0n) is 17.4. The number of anilines is 1. The fraction of sp³-hybridized carbons (Fsp3) is 0.318. The molecular formula is C22H24N6O3. The van der Waals surface area contributed by atoms with E-state index in [0.29, 0.717) is 6.54 Å². The second-order valence-corrected chi connectivity index (χ2v) is 8.11. The predicted octanol–water partition coefficient (Wildman–Crippen LogP) is 2.30. The molecule has 1 aliphatic heterocycles. The minimum Gasteiger partial charge on any atom is -0.366 e. The summed E-state index contributed by atoms with van der Waals surface area (Å²) in [5, 5.41) is 10.6. The van der Waals surface area contributed by atoms with Crippen LogP contribution in [0.5, 0.6) is 0 Å². The average molecular weight is 420 g/mol. The Balaban J connectivity index is 1.59. The van der Waals surface area contributed by atoms with Crippen LogP contribution in [-0.2, 0) is 9.59 Å². The Kier molecular flexibility index (Phi) is 5.41. The van der Waals surface area contributed by atoms with Crippen molar-refractivity contribution in [3.05, 3.63) is 53.5 Å². The number of aryl methyl sites for hydroxylation is 1. The first-order valence-electron chi connectivity index (χ1n) is 10.1. The third-order valence-corrected chi connectivity index (χ3v) is 5.71. The first kappa shape index (κ1) is 20.5. The van der Waals surface area contributed by atoms with Crippen molar-refractivity contribution in [1.29, 1.82) is 0 Å². The van der Waals surface area contributed by atoms with Gasteiger partial charge in [0.05, 0.1) is 35.2 Å². The van der Waals surface area contributed by atoms with Crippen molar-refractivity contribution in [2.24, 2.45) is 11.7 Å². The van der Waals surface area contributed by atoms with Crippen LogP contribution in [0.1, 0.15) is 47.3 Å². The summed E-state index contributed by atoms with van der Waals surface area (Å²) < 4.78 is 0. The van der Waals surface area contributed by atoms with Gasteiger partial charge < -0.3 is 16.0 Å². The number of piperidine rings is 1. The number of nitrogens with zero attached hydrogens (tertiary/aromatic N) is 3. The van der Waals surface area contributed by atoms with E-state index in [1.165, 1.54) is 18.5 Å². The topological polar surface area (TPSA) is 134 Å². The fourth-order valence-electron chi connectivity index (χ4n) is 4.14. The zero-order valence-corrected chi connectivity index (χ0v) is 17.4. The van der Waals surface area contributed by atoms with Crippen LogP contribution in [0.3, 0.4) is 0 Å². The second-order valence-electron chi connectivity index (χ2n) is 8.11. The Labute approximate surface area is 179 Å².